The fourth-order valence-corrected chi connectivity index (χ4v) is 3.47. The van der Waals surface area contributed by atoms with Crippen molar-refractivity contribution in [3.63, 3.8) is 0 Å². The molecule has 0 bridgehead atoms. The molecular weight excluding hydrogens is 399 g/mol. The highest BCUT2D eigenvalue weighted by Gasteiger charge is 2.29. The molecule has 1 aromatic carbocycles. The molecule has 0 unspecified atom stereocenters. The molecule has 9 heteroatoms. The van der Waals surface area contributed by atoms with Crippen LogP contribution in [0, 0.1) is 0 Å². The lowest BCUT2D eigenvalue weighted by molar-refractivity contribution is -0.153. The maximum Gasteiger partial charge on any atom is 0.422 e. The van der Waals surface area contributed by atoms with Crippen LogP contribution in [-0.4, -0.2) is 45.1 Å². The summed E-state index contributed by atoms with van der Waals surface area (Å²) in [7, 11) is 1.35. The first-order chi connectivity index (χ1) is 14.3. The Balaban J connectivity index is 1.73. The molecule has 1 aliphatic carbocycles. The molecule has 170 valence electrons. The van der Waals surface area contributed by atoms with Crippen LogP contribution in [0.1, 0.15) is 57.1 Å². The topological polar surface area (TPSA) is 71.6 Å². The monoisotopic (exact) mass is 431 g/mol. The number of hydrogen-bond acceptors (Lipinski definition) is 4. The van der Waals surface area contributed by atoms with Crippen molar-refractivity contribution in [1.82, 2.24) is 16.0 Å². The van der Waals surface area contributed by atoms with E-state index >= 15 is 0 Å². The zero-order valence-corrected chi connectivity index (χ0v) is 17.6. The molecule has 2 amide bonds. The lowest BCUT2D eigenvalue weighted by Crippen LogP contribution is -2.39. The summed E-state index contributed by atoms with van der Waals surface area (Å²) in [5, 5.41) is 9.18. The van der Waals surface area contributed by atoms with Crippen molar-refractivity contribution >= 4 is 6.03 Å². The summed E-state index contributed by atoms with van der Waals surface area (Å²) in [4.78, 5) is 12.1. The number of rotatable bonds is 10. The van der Waals surface area contributed by atoms with E-state index in [2.05, 4.69) is 16.0 Å². The Morgan fingerprint density at radius 3 is 2.57 bits per heavy atom. The van der Waals surface area contributed by atoms with Crippen LogP contribution in [0.5, 0.6) is 11.5 Å². The zero-order chi connectivity index (χ0) is 22.0. The Morgan fingerprint density at radius 2 is 1.90 bits per heavy atom. The number of hydrogen-bond donors (Lipinski definition) is 3. The summed E-state index contributed by atoms with van der Waals surface area (Å²) < 4.78 is 46.9. The van der Waals surface area contributed by atoms with Gasteiger partial charge >= 0.3 is 12.2 Å². The fourth-order valence-electron chi connectivity index (χ4n) is 3.47. The maximum absolute atomic E-state index is 12.3. The van der Waals surface area contributed by atoms with E-state index in [-0.39, 0.29) is 23.6 Å². The van der Waals surface area contributed by atoms with Gasteiger partial charge in [-0.25, -0.2) is 4.79 Å². The molecule has 1 fully saturated rings. The number of urea groups is 1. The summed E-state index contributed by atoms with van der Waals surface area (Å²) in [6, 6.07) is 4.53. The summed E-state index contributed by atoms with van der Waals surface area (Å²) >= 11 is 0. The summed E-state index contributed by atoms with van der Waals surface area (Å²) in [5.41, 5.74) is 0.695. The van der Waals surface area contributed by atoms with E-state index in [1.807, 2.05) is 0 Å². The van der Waals surface area contributed by atoms with Gasteiger partial charge in [-0.2, -0.15) is 13.2 Å². The smallest absolute Gasteiger partial charge is 0.422 e. The molecule has 2 rings (SSSR count). The second kappa shape index (κ2) is 11.9. The van der Waals surface area contributed by atoms with Gasteiger partial charge < -0.3 is 25.4 Å². The highest BCUT2D eigenvalue weighted by Crippen LogP contribution is 2.31. The number of ether oxygens (including phenoxy) is 2. The third-order valence-corrected chi connectivity index (χ3v) is 5.10. The van der Waals surface area contributed by atoms with Crippen LogP contribution in [0.15, 0.2) is 18.2 Å². The highest BCUT2D eigenvalue weighted by atomic mass is 19.4. The molecule has 0 aromatic heterocycles. The molecule has 0 aliphatic heterocycles. The minimum Gasteiger partial charge on any atom is -0.493 e. The van der Waals surface area contributed by atoms with Crippen molar-refractivity contribution in [2.45, 2.75) is 63.7 Å². The van der Waals surface area contributed by atoms with Gasteiger partial charge in [-0.1, -0.05) is 25.3 Å². The van der Waals surface area contributed by atoms with Crippen LogP contribution < -0.4 is 25.4 Å². The largest absolute Gasteiger partial charge is 0.493 e. The number of nitrogens with one attached hydrogen (secondary N) is 3. The Hall–Kier alpha value is -2.16. The fraction of sp³-hybridized carbons (Fsp3) is 0.667. The van der Waals surface area contributed by atoms with E-state index in [4.69, 9.17) is 9.47 Å². The van der Waals surface area contributed by atoms with E-state index in [1.54, 1.807) is 19.1 Å². The van der Waals surface area contributed by atoms with Gasteiger partial charge in [0.15, 0.2) is 18.1 Å². The summed E-state index contributed by atoms with van der Waals surface area (Å²) in [6.45, 7) is 1.83. The SMILES string of the molecule is COc1cc([C@@H](C)NC(=O)NCCCNC2CCCCC2)ccc1OCC(F)(F)F. The van der Waals surface area contributed by atoms with Gasteiger partial charge in [-0.3, -0.25) is 0 Å². The molecule has 3 N–H and O–H groups in total. The normalized spacial score (nSPS) is 16.0. The first kappa shape index (κ1) is 24.1. The van der Waals surface area contributed by atoms with Crippen LogP contribution in [-0.2, 0) is 0 Å². The van der Waals surface area contributed by atoms with Crippen molar-refractivity contribution in [3.05, 3.63) is 23.8 Å². The lowest BCUT2D eigenvalue weighted by atomic mass is 9.95. The Bertz CT molecular complexity index is 665. The third-order valence-electron chi connectivity index (χ3n) is 5.10. The Kier molecular flexibility index (Phi) is 9.55. The maximum atomic E-state index is 12.3. The third kappa shape index (κ3) is 8.69. The highest BCUT2D eigenvalue weighted by molar-refractivity contribution is 5.74. The molecule has 1 saturated carbocycles. The zero-order valence-electron chi connectivity index (χ0n) is 17.6. The number of benzene rings is 1. The van der Waals surface area contributed by atoms with Crippen LogP contribution in [0.25, 0.3) is 0 Å². The van der Waals surface area contributed by atoms with Crippen LogP contribution in [0.2, 0.25) is 0 Å². The van der Waals surface area contributed by atoms with E-state index in [9.17, 15) is 18.0 Å². The molecule has 0 saturated heterocycles. The predicted molar refractivity (Wildman–Crippen MR) is 109 cm³/mol. The molecule has 0 spiro atoms. The summed E-state index contributed by atoms with van der Waals surface area (Å²) in [6.07, 6.45) is 2.78. The lowest BCUT2D eigenvalue weighted by Gasteiger charge is -2.22. The van der Waals surface area contributed by atoms with Gasteiger partial charge in [0.1, 0.15) is 0 Å². The van der Waals surface area contributed by atoms with E-state index in [1.165, 1.54) is 45.3 Å². The standard InChI is InChI=1S/C21H32F3N3O3/c1-15(16-9-10-18(19(13-16)29-2)30-14-21(22,23)24)27-20(28)26-12-6-11-25-17-7-4-3-5-8-17/h9-10,13,15,17,25H,3-8,11-12,14H2,1-2H3,(H2,26,27,28)/t15-/m1/s1. The molecule has 0 radical (unpaired) electrons. The second-order valence-electron chi connectivity index (χ2n) is 7.58. The van der Waals surface area contributed by atoms with Gasteiger partial charge in [0.05, 0.1) is 13.2 Å². The molecule has 1 atom stereocenters. The molecule has 1 aliphatic rings. The Labute approximate surface area is 175 Å². The van der Waals surface area contributed by atoms with E-state index < -0.39 is 12.8 Å². The van der Waals surface area contributed by atoms with E-state index in [0.717, 1.165) is 13.0 Å². The van der Waals surface area contributed by atoms with Crippen LogP contribution >= 0.6 is 0 Å². The predicted octanol–water partition coefficient (Wildman–Crippen LogP) is 4.31. The number of halogens is 3. The van der Waals surface area contributed by atoms with E-state index in [0.29, 0.717) is 18.2 Å². The van der Waals surface area contributed by atoms with Crippen LogP contribution in [0.3, 0.4) is 0 Å². The molecular formula is C21H32F3N3O3. The van der Waals surface area contributed by atoms with Gasteiger partial charge in [0.25, 0.3) is 0 Å². The molecule has 0 heterocycles. The molecule has 6 nitrogen and oxygen atoms in total. The van der Waals surface area contributed by atoms with Crippen molar-refractivity contribution in [2.24, 2.45) is 0 Å². The first-order valence-electron chi connectivity index (χ1n) is 10.4. The second-order valence-corrected chi connectivity index (χ2v) is 7.58. The van der Waals surface area contributed by atoms with Gasteiger partial charge in [0.2, 0.25) is 0 Å². The average Bonchev–Trinajstić information content (AvgIpc) is 2.72. The van der Waals surface area contributed by atoms with Crippen molar-refractivity contribution in [3.8, 4) is 11.5 Å². The van der Waals surface area contributed by atoms with Crippen LogP contribution in [0.4, 0.5) is 18.0 Å². The van der Waals surface area contributed by atoms with Crippen molar-refractivity contribution in [2.75, 3.05) is 26.8 Å². The molecule has 1 aromatic rings. The number of alkyl halides is 3. The van der Waals surface area contributed by atoms with Gasteiger partial charge in [-0.05, 0) is 50.4 Å². The molecule has 30 heavy (non-hydrogen) atoms. The summed E-state index contributed by atoms with van der Waals surface area (Å²) in [5.74, 6) is 0.181. The quantitative estimate of drug-likeness (QED) is 0.483. The van der Waals surface area contributed by atoms with Gasteiger partial charge in [-0.15, -0.1) is 0 Å². The van der Waals surface area contributed by atoms with Crippen molar-refractivity contribution in [1.29, 1.82) is 0 Å². The average molecular weight is 431 g/mol. The minimum atomic E-state index is -4.43. The number of amides is 2. The number of carbonyl (C=O) groups is 1. The first-order valence-corrected chi connectivity index (χ1v) is 10.4. The van der Waals surface area contributed by atoms with Crippen molar-refractivity contribution < 1.29 is 27.4 Å². The van der Waals surface area contributed by atoms with Gasteiger partial charge in [0, 0.05) is 12.6 Å². The Morgan fingerprint density at radius 1 is 1.17 bits per heavy atom. The number of methoxy groups -OCH3 is 1. The number of carbonyl (C=O) groups excluding carboxylic acids is 1. The minimum absolute atomic E-state index is 0.000641.